The fraction of sp³-hybridized carbons (Fsp3) is 0.143. The van der Waals surface area contributed by atoms with Gasteiger partial charge in [0, 0.05) is 0 Å². The van der Waals surface area contributed by atoms with Gasteiger partial charge < -0.3 is 15.2 Å². The molecule has 0 aliphatic rings. The Morgan fingerprint density at radius 1 is 1.56 bits per heavy atom. The van der Waals surface area contributed by atoms with Gasteiger partial charge in [0.2, 0.25) is 5.82 Å². The van der Waals surface area contributed by atoms with Gasteiger partial charge >= 0.3 is 11.8 Å². The molecule has 0 saturated carbocycles. The molecule has 1 aromatic rings. The van der Waals surface area contributed by atoms with Crippen molar-refractivity contribution in [3.8, 4) is 0 Å². The van der Waals surface area contributed by atoms with Crippen molar-refractivity contribution < 1.29 is 28.0 Å². The molecule has 0 radical (unpaired) electrons. The molecule has 1 N–H and O–H groups in total. The minimum atomic E-state index is -3.28. The van der Waals surface area contributed by atoms with Crippen LogP contribution in [0.25, 0.3) is 0 Å². The second-order valence-electron chi connectivity index (χ2n) is 2.59. The van der Waals surface area contributed by atoms with Crippen LogP contribution in [0.2, 0.25) is 0 Å². The highest BCUT2D eigenvalue weighted by atomic mass is 19.3. The third kappa shape index (κ3) is 1.92. The summed E-state index contributed by atoms with van der Waals surface area (Å²) >= 11 is 0. The summed E-state index contributed by atoms with van der Waals surface area (Å²) < 4.78 is 37.7. The highest BCUT2D eigenvalue weighted by Crippen LogP contribution is 2.28. The number of hydrogen-bond donors (Lipinski definition) is 1. The van der Waals surface area contributed by atoms with Crippen LogP contribution in [-0.2, 0) is 0 Å². The highest BCUT2D eigenvalue weighted by molar-refractivity contribution is 5.90. The molecule has 0 spiro atoms. The van der Waals surface area contributed by atoms with Crippen LogP contribution in [0.5, 0.6) is 0 Å². The van der Waals surface area contributed by atoms with Crippen LogP contribution in [0.4, 0.5) is 19.0 Å². The van der Waals surface area contributed by atoms with E-state index in [0.29, 0.717) is 0 Å². The molecular formula is C7H3F3N2O4. The number of aromatic nitrogens is 1. The van der Waals surface area contributed by atoms with E-state index in [0.717, 1.165) is 0 Å². The first-order valence-corrected chi connectivity index (χ1v) is 3.70. The second kappa shape index (κ2) is 4.13. The van der Waals surface area contributed by atoms with E-state index in [-0.39, 0.29) is 6.20 Å². The van der Waals surface area contributed by atoms with Crippen LogP contribution in [0.1, 0.15) is 22.3 Å². The van der Waals surface area contributed by atoms with Gasteiger partial charge in [-0.2, -0.15) is 4.39 Å². The van der Waals surface area contributed by atoms with Crippen LogP contribution in [-0.4, -0.2) is 21.0 Å². The zero-order valence-electron chi connectivity index (χ0n) is 7.35. The minimum absolute atomic E-state index is 0.273. The SMILES string of the molecule is O=C(O)c1c(C(F)F)cnc([N+](=O)[O-])c1F. The van der Waals surface area contributed by atoms with Crippen LogP contribution in [0.15, 0.2) is 6.20 Å². The van der Waals surface area contributed by atoms with Crippen LogP contribution in [0.3, 0.4) is 0 Å². The molecule has 0 amide bonds. The first-order chi connectivity index (χ1) is 7.36. The Labute approximate surface area is 85.5 Å². The van der Waals surface area contributed by atoms with E-state index < -0.39 is 40.1 Å². The smallest absolute Gasteiger partial charge is 0.400 e. The van der Waals surface area contributed by atoms with Gasteiger partial charge in [0.1, 0.15) is 11.8 Å². The predicted molar refractivity (Wildman–Crippen MR) is 42.8 cm³/mol. The van der Waals surface area contributed by atoms with E-state index in [1.807, 2.05) is 0 Å². The van der Waals surface area contributed by atoms with Crippen molar-refractivity contribution in [3.63, 3.8) is 0 Å². The lowest BCUT2D eigenvalue weighted by atomic mass is 10.1. The summed E-state index contributed by atoms with van der Waals surface area (Å²) in [7, 11) is 0. The lowest BCUT2D eigenvalue weighted by Gasteiger charge is -2.03. The van der Waals surface area contributed by atoms with Crippen molar-refractivity contribution in [1.29, 1.82) is 0 Å². The second-order valence-corrected chi connectivity index (χ2v) is 2.59. The molecule has 1 heterocycles. The van der Waals surface area contributed by atoms with Crippen molar-refractivity contribution in [2.24, 2.45) is 0 Å². The molecule has 1 rings (SSSR count). The third-order valence-corrected chi connectivity index (χ3v) is 1.65. The molecule has 0 fully saturated rings. The summed E-state index contributed by atoms with van der Waals surface area (Å²) in [5.41, 5.74) is -2.63. The normalized spacial score (nSPS) is 10.5. The Hall–Kier alpha value is -2.19. The number of hydrogen-bond acceptors (Lipinski definition) is 4. The number of carboxylic acid groups (broad SMARTS) is 1. The van der Waals surface area contributed by atoms with Gasteiger partial charge in [0.15, 0.2) is 0 Å². The molecule has 0 aliphatic carbocycles. The van der Waals surface area contributed by atoms with Gasteiger partial charge in [-0.1, -0.05) is 0 Å². The number of nitrogens with zero attached hydrogens (tertiary/aromatic N) is 2. The molecule has 0 bridgehead atoms. The maximum absolute atomic E-state index is 13.2. The number of pyridine rings is 1. The lowest BCUT2D eigenvalue weighted by Crippen LogP contribution is -2.10. The Balaban J connectivity index is 3.54. The number of alkyl halides is 2. The van der Waals surface area contributed by atoms with Crippen LogP contribution < -0.4 is 0 Å². The van der Waals surface area contributed by atoms with Crippen molar-refractivity contribution >= 4 is 11.8 Å². The van der Waals surface area contributed by atoms with Gasteiger partial charge in [0.05, 0.1) is 5.56 Å². The monoisotopic (exact) mass is 236 g/mol. The van der Waals surface area contributed by atoms with Gasteiger partial charge in [-0.05, 0) is 9.91 Å². The quantitative estimate of drug-likeness (QED) is 0.637. The number of rotatable bonds is 3. The molecule has 86 valence electrons. The molecular weight excluding hydrogens is 233 g/mol. The lowest BCUT2D eigenvalue weighted by molar-refractivity contribution is -0.392. The van der Waals surface area contributed by atoms with E-state index in [1.54, 1.807) is 0 Å². The highest BCUT2D eigenvalue weighted by Gasteiger charge is 2.31. The Morgan fingerprint density at radius 2 is 2.12 bits per heavy atom. The van der Waals surface area contributed by atoms with E-state index in [1.165, 1.54) is 0 Å². The molecule has 0 aromatic carbocycles. The summed E-state index contributed by atoms with van der Waals surface area (Å²) in [4.78, 5) is 22.2. The summed E-state index contributed by atoms with van der Waals surface area (Å²) in [5.74, 6) is -5.30. The van der Waals surface area contributed by atoms with Gasteiger partial charge in [0.25, 0.3) is 6.43 Å². The Kier molecular flexibility index (Phi) is 3.06. The fourth-order valence-electron chi connectivity index (χ4n) is 1.00. The third-order valence-electron chi connectivity index (χ3n) is 1.65. The summed E-state index contributed by atoms with van der Waals surface area (Å²) in [6.07, 6.45) is -3.01. The molecule has 0 unspecified atom stereocenters. The number of aromatic carboxylic acids is 1. The van der Waals surface area contributed by atoms with Crippen molar-refractivity contribution in [2.75, 3.05) is 0 Å². The number of nitro groups is 1. The number of carboxylic acids is 1. The standard InChI is InChI=1S/C7H3F3N2O4/c8-4-3(7(13)14)2(5(9)10)1-11-6(4)12(15)16/h1,5H,(H,13,14). The van der Waals surface area contributed by atoms with E-state index in [4.69, 9.17) is 5.11 Å². The molecule has 6 nitrogen and oxygen atoms in total. The molecule has 9 heteroatoms. The maximum Gasteiger partial charge on any atom is 0.400 e. The zero-order chi connectivity index (χ0) is 12.5. The molecule has 1 aromatic heterocycles. The average Bonchev–Trinajstić information content (AvgIpc) is 2.15. The van der Waals surface area contributed by atoms with E-state index in [2.05, 4.69) is 4.98 Å². The van der Waals surface area contributed by atoms with Crippen LogP contribution >= 0.6 is 0 Å². The average molecular weight is 236 g/mol. The van der Waals surface area contributed by atoms with Crippen molar-refractivity contribution in [1.82, 2.24) is 4.98 Å². The van der Waals surface area contributed by atoms with Crippen LogP contribution in [0, 0.1) is 15.9 Å². The predicted octanol–water partition coefficient (Wildman–Crippen LogP) is 1.76. The van der Waals surface area contributed by atoms with Crippen molar-refractivity contribution in [3.05, 3.63) is 33.3 Å². The van der Waals surface area contributed by atoms with E-state index >= 15 is 0 Å². The largest absolute Gasteiger partial charge is 0.478 e. The number of carbonyl (C=O) groups is 1. The summed E-state index contributed by atoms with van der Waals surface area (Å²) in [6, 6.07) is 0. The first-order valence-electron chi connectivity index (χ1n) is 3.70. The molecule has 0 atom stereocenters. The molecule has 0 aliphatic heterocycles. The topological polar surface area (TPSA) is 93.3 Å². The van der Waals surface area contributed by atoms with Crippen molar-refractivity contribution in [2.45, 2.75) is 6.43 Å². The Morgan fingerprint density at radius 3 is 2.50 bits per heavy atom. The number of halogens is 3. The molecule has 0 saturated heterocycles. The fourth-order valence-corrected chi connectivity index (χ4v) is 1.00. The maximum atomic E-state index is 13.2. The summed E-state index contributed by atoms with van der Waals surface area (Å²) in [5, 5.41) is 18.7. The van der Waals surface area contributed by atoms with Gasteiger partial charge in [-0.3, -0.25) is 0 Å². The summed E-state index contributed by atoms with van der Waals surface area (Å²) in [6.45, 7) is 0. The molecule has 16 heavy (non-hydrogen) atoms. The van der Waals surface area contributed by atoms with Gasteiger partial charge in [-0.15, -0.1) is 0 Å². The first kappa shape index (κ1) is 11.9. The minimum Gasteiger partial charge on any atom is -0.478 e. The Bertz CT molecular complexity index is 463. The zero-order valence-corrected chi connectivity index (χ0v) is 7.35. The van der Waals surface area contributed by atoms with E-state index in [9.17, 15) is 28.1 Å². The van der Waals surface area contributed by atoms with Gasteiger partial charge in [-0.25, -0.2) is 13.6 Å².